The van der Waals surface area contributed by atoms with E-state index in [1.807, 2.05) is 6.07 Å². The lowest BCUT2D eigenvalue weighted by molar-refractivity contribution is 0.105. The van der Waals surface area contributed by atoms with E-state index in [0.29, 0.717) is 6.04 Å². The van der Waals surface area contributed by atoms with Crippen molar-refractivity contribution in [2.24, 2.45) is 5.92 Å². The molecule has 2 aromatic rings. The zero-order chi connectivity index (χ0) is 18.9. The molecule has 0 aliphatic carbocycles. The van der Waals surface area contributed by atoms with Gasteiger partial charge in [-0.15, -0.1) is 0 Å². The van der Waals surface area contributed by atoms with Gasteiger partial charge in [0, 0.05) is 38.3 Å². The number of hydrogen-bond donors (Lipinski definition) is 0. The van der Waals surface area contributed by atoms with Crippen LogP contribution >= 0.6 is 0 Å². The Kier molecular flexibility index (Phi) is 7.51. The summed E-state index contributed by atoms with van der Waals surface area (Å²) >= 11 is 0. The fraction of sp³-hybridized carbons (Fsp3) is 0.440. The molecule has 1 fully saturated rings. The molecule has 0 radical (unpaired) electrons. The predicted octanol–water partition coefficient (Wildman–Crippen LogP) is 4.66. The molecule has 2 heteroatoms. The largest absolute Gasteiger partial charge is 0.297 e. The van der Waals surface area contributed by atoms with Gasteiger partial charge in [-0.2, -0.15) is 0 Å². The summed E-state index contributed by atoms with van der Waals surface area (Å²) in [6, 6.07) is 21.6. The van der Waals surface area contributed by atoms with E-state index in [4.69, 9.17) is 0 Å². The van der Waals surface area contributed by atoms with E-state index in [1.165, 1.54) is 12.0 Å². The predicted molar refractivity (Wildman–Crippen MR) is 114 cm³/mol. The lowest BCUT2D eigenvalue weighted by Crippen LogP contribution is -2.49. The monoisotopic (exact) mass is 360 g/mol. The number of piperazine rings is 1. The zero-order valence-corrected chi connectivity index (χ0v) is 16.8. The maximum atomic E-state index is 3.58. The van der Waals surface area contributed by atoms with Crippen LogP contribution in [0.4, 0.5) is 0 Å². The average Bonchev–Trinajstić information content (AvgIpc) is 2.70. The molecule has 0 amide bonds. The first-order valence-corrected chi connectivity index (χ1v) is 10.3. The van der Waals surface area contributed by atoms with Crippen LogP contribution in [0.2, 0.25) is 0 Å². The first-order chi connectivity index (χ1) is 13.2. The summed E-state index contributed by atoms with van der Waals surface area (Å²) in [4.78, 5) is 5.16. The highest BCUT2D eigenvalue weighted by Gasteiger charge is 2.22. The number of benzene rings is 2. The Hall–Kier alpha value is -2.08. The van der Waals surface area contributed by atoms with Gasteiger partial charge in [0.05, 0.1) is 6.04 Å². The summed E-state index contributed by atoms with van der Waals surface area (Å²) in [6.07, 6.45) is 2.40. The molecule has 2 nitrogen and oxygen atoms in total. The van der Waals surface area contributed by atoms with Crippen molar-refractivity contribution in [2.75, 3.05) is 26.2 Å². The molecular formula is C25H32N2. The minimum Gasteiger partial charge on any atom is -0.297 e. The first-order valence-electron chi connectivity index (χ1n) is 10.3. The van der Waals surface area contributed by atoms with Crippen LogP contribution in [0.5, 0.6) is 0 Å². The molecule has 1 saturated heterocycles. The van der Waals surface area contributed by atoms with Crippen LogP contribution < -0.4 is 0 Å². The Labute approximate surface area is 165 Å². The summed E-state index contributed by atoms with van der Waals surface area (Å²) in [5.74, 6) is 7.72. The van der Waals surface area contributed by atoms with Crippen molar-refractivity contribution < 1.29 is 0 Å². The molecule has 1 aliphatic rings. The summed E-state index contributed by atoms with van der Waals surface area (Å²) in [6.45, 7) is 10.1. The third kappa shape index (κ3) is 6.54. The topological polar surface area (TPSA) is 6.48 Å². The zero-order valence-electron chi connectivity index (χ0n) is 16.8. The quantitative estimate of drug-likeness (QED) is 0.691. The SMILES string of the molecule is CC(C)CCC(C#Cc1ccccc1)N1CCN(Cc2ccccc2)CC1. The van der Waals surface area contributed by atoms with Gasteiger partial charge in [0.2, 0.25) is 0 Å². The molecule has 27 heavy (non-hydrogen) atoms. The van der Waals surface area contributed by atoms with Crippen molar-refractivity contribution in [3.63, 3.8) is 0 Å². The number of rotatable bonds is 6. The van der Waals surface area contributed by atoms with Crippen molar-refractivity contribution in [3.8, 4) is 11.8 Å². The van der Waals surface area contributed by atoms with E-state index in [0.717, 1.165) is 50.6 Å². The maximum absolute atomic E-state index is 3.58. The molecule has 1 unspecified atom stereocenters. The van der Waals surface area contributed by atoms with Gasteiger partial charge in [-0.05, 0) is 36.5 Å². The second-order valence-corrected chi connectivity index (χ2v) is 7.92. The highest BCUT2D eigenvalue weighted by atomic mass is 15.3. The van der Waals surface area contributed by atoms with Crippen LogP contribution in [0.1, 0.15) is 37.8 Å². The Morgan fingerprint density at radius 2 is 1.44 bits per heavy atom. The molecule has 0 saturated carbocycles. The average molecular weight is 361 g/mol. The molecule has 0 N–H and O–H groups in total. The second kappa shape index (κ2) is 10.3. The Morgan fingerprint density at radius 1 is 0.815 bits per heavy atom. The van der Waals surface area contributed by atoms with Gasteiger partial charge >= 0.3 is 0 Å². The molecule has 142 valence electrons. The summed E-state index contributed by atoms with van der Waals surface area (Å²) in [7, 11) is 0. The van der Waals surface area contributed by atoms with E-state index in [-0.39, 0.29) is 0 Å². The molecule has 0 spiro atoms. The minimum absolute atomic E-state index is 0.367. The highest BCUT2D eigenvalue weighted by molar-refractivity contribution is 5.34. The first kappa shape index (κ1) is 19.7. The van der Waals surface area contributed by atoms with Crippen molar-refractivity contribution >= 4 is 0 Å². The fourth-order valence-corrected chi connectivity index (χ4v) is 3.60. The van der Waals surface area contributed by atoms with Crippen LogP contribution in [0, 0.1) is 17.8 Å². The molecule has 2 aromatic carbocycles. The maximum Gasteiger partial charge on any atom is 0.0719 e. The van der Waals surface area contributed by atoms with Crippen LogP contribution in [0.25, 0.3) is 0 Å². The summed E-state index contributed by atoms with van der Waals surface area (Å²) < 4.78 is 0. The molecule has 1 aliphatic heterocycles. The molecular weight excluding hydrogens is 328 g/mol. The van der Waals surface area contributed by atoms with Crippen molar-refractivity contribution in [3.05, 3.63) is 71.8 Å². The van der Waals surface area contributed by atoms with Crippen molar-refractivity contribution in [1.82, 2.24) is 9.80 Å². The van der Waals surface area contributed by atoms with E-state index in [9.17, 15) is 0 Å². The molecule has 0 aromatic heterocycles. The lowest BCUT2D eigenvalue weighted by atomic mass is 10.0. The van der Waals surface area contributed by atoms with Gasteiger partial charge in [0.1, 0.15) is 0 Å². The van der Waals surface area contributed by atoms with Gasteiger partial charge < -0.3 is 0 Å². The minimum atomic E-state index is 0.367. The Morgan fingerprint density at radius 3 is 2.07 bits per heavy atom. The van der Waals surface area contributed by atoms with Crippen LogP contribution in [0.15, 0.2) is 60.7 Å². The third-order valence-electron chi connectivity index (χ3n) is 5.27. The van der Waals surface area contributed by atoms with E-state index >= 15 is 0 Å². The normalized spacial score (nSPS) is 16.7. The van der Waals surface area contributed by atoms with E-state index < -0.39 is 0 Å². The highest BCUT2D eigenvalue weighted by Crippen LogP contribution is 2.16. The van der Waals surface area contributed by atoms with Gasteiger partial charge in [-0.1, -0.05) is 74.2 Å². The molecule has 3 rings (SSSR count). The Balaban J connectivity index is 1.59. The van der Waals surface area contributed by atoms with Crippen molar-refractivity contribution in [2.45, 2.75) is 39.3 Å². The third-order valence-corrected chi connectivity index (χ3v) is 5.27. The van der Waals surface area contributed by atoms with Crippen LogP contribution in [-0.4, -0.2) is 42.0 Å². The van der Waals surface area contributed by atoms with Gasteiger partial charge in [-0.25, -0.2) is 0 Å². The van der Waals surface area contributed by atoms with E-state index in [1.54, 1.807) is 0 Å². The molecule has 1 atom stereocenters. The summed E-state index contributed by atoms with van der Waals surface area (Å²) in [5.41, 5.74) is 2.53. The smallest absolute Gasteiger partial charge is 0.0719 e. The summed E-state index contributed by atoms with van der Waals surface area (Å²) in [5, 5.41) is 0. The fourth-order valence-electron chi connectivity index (χ4n) is 3.60. The van der Waals surface area contributed by atoms with Gasteiger partial charge in [0.25, 0.3) is 0 Å². The molecule has 1 heterocycles. The number of nitrogens with zero attached hydrogens (tertiary/aromatic N) is 2. The standard InChI is InChI=1S/C25H32N2/c1-22(2)13-15-25(16-14-23-9-5-3-6-10-23)27-19-17-26(18-20-27)21-24-11-7-4-8-12-24/h3-12,22,25H,13,15,17-21H2,1-2H3. The lowest BCUT2D eigenvalue weighted by Gasteiger charge is -2.37. The van der Waals surface area contributed by atoms with Gasteiger partial charge in [-0.3, -0.25) is 9.80 Å². The van der Waals surface area contributed by atoms with Crippen LogP contribution in [0.3, 0.4) is 0 Å². The number of hydrogen-bond acceptors (Lipinski definition) is 2. The molecule has 0 bridgehead atoms. The van der Waals surface area contributed by atoms with Crippen molar-refractivity contribution in [1.29, 1.82) is 0 Å². The van der Waals surface area contributed by atoms with Crippen LogP contribution in [-0.2, 0) is 6.54 Å². The Bertz CT molecular complexity index is 719. The van der Waals surface area contributed by atoms with Gasteiger partial charge in [0.15, 0.2) is 0 Å². The van der Waals surface area contributed by atoms with E-state index in [2.05, 4.69) is 90.1 Å². The second-order valence-electron chi connectivity index (χ2n) is 7.92.